The van der Waals surface area contributed by atoms with Gasteiger partial charge in [0.25, 0.3) is 10.0 Å². The number of hydrogen-bond acceptors (Lipinski definition) is 5. The summed E-state index contributed by atoms with van der Waals surface area (Å²) in [6, 6.07) is 6.84. The van der Waals surface area contributed by atoms with Crippen LogP contribution in [-0.4, -0.2) is 33.0 Å². The molecule has 0 amide bonds. The van der Waals surface area contributed by atoms with Gasteiger partial charge in [0.2, 0.25) is 0 Å². The van der Waals surface area contributed by atoms with E-state index in [1.807, 2.05) is 19.1 Å². The van der Waals surface area contributed by atoms with Crippen LogP contribution >= 0.6 is 0 Å². The molecule has 0 aliphatic rings. The number of alkyl halides is 3. The first-order valence-electron chi connectivity index (χ1n) is 9.16. The van der Waals surface area contributed by atoms with Gasteiger partial charge in [-0.1, -0.05) is 19.1 Å². The molecular formula is C19H17F3N6O2S. The molecule has 1 N–H and O–H groups in total. The molecule has 0 bridgehead atoms. The molecule has 1 aromatic carbocycles. The second-order valence-electron chi connectivity index (χ2n) is 6.74. The summed E-state index contributed by atoms with van der Waals surface area (Å²) in [5, 5.41) is 8.57. The lowest BCUT2D eigenvalue weighted by atomic mass is 10.1. The molecule has 0 aliphatic carbocycles. The van der Waals surface area contributed by atoms with E-state index in [4.69, 9.17) is 0 Å². The van der Waals surface area contributed by atoms with E-state index in [2.05, 4.69) is 19.9 Å². The van der Waals surface area contributed by atoms with Crippen LogP contribution in [0.25, 0.3) is 16.7 Å². The number of aryl methyl sites for hydroxylation is 2. The Morgan fingerprint density at radius 2 is 1.84 bits per heavy atom. The van der Waals surface area contributed by atoms with Crippen LogP contribution in [0.1, 0.15) is 18.2 Å². The molecule has 0 saturated carbocycles. The Morgan fingerprint density at radius 3 is 2.48 bits per heavy atom. The monoisotopic (exact) mass is 450 g/mol. The minimum absolute atomic E-state index is 0.153. The predicted molar refractivity (Wildman–Crippen MR) is 107 cm³/mol. The first-order chi connectivity index (χ1) is 14.6. The fourth-order valence-electron chi connectivity index (χ4n) is 3.27. The lowest BCUT2D eigenvalue weighted by Gasteiger charge is -2.14. The van der Waals surface area contributed by atoms with Gasteiger partial charge >= 0.3 is 6.18 Å². The predicted octanol–water partition coefficient (Wildman–Crippen LogP) is 3.54. The largest absolute Gasteiger partial charge is 0.433 e. The first kappa shape index (κ1) is 20.8. The summed E-state index contributed by atoms with van der Waals surface area (Å²) in [5.74, 6) is -0.153. The first-order valence-corrected chi connectivity index (χ1v) is 10.6. The highest BCUT2D eigenvalue weighted by Gasteiger charge is 2.35. The van der Waals surface area contributed by atoms with Crippen LogP contribution in [0.5, 0.6) is 0 Å². The maximum atomic E-state index is 13.1. The number of pyridine rings is 1. The number of nitrogens with zero attached hydrogens (tertiary/aromatic N) is 5. The van der Waals surface area contributed by atoms with Gasteiger partial charge in [-0.25, -0.2) is 18.1 Å². The Bertz CT molecular complexity index is 1360. The maximum Gasteiger partial charge on any atom is 0.433 e. The van der Waals surface area contributed by atoms with Crippen LogP contribution in [0.3, 0.4) is 0 Å². The van der Waals surface area contributed by atoms with E-state index in [9.17, 15) is 21.6 Å². The number of fused-ring (bicyclic) bond motifs is 1. The van der Waals surface area contributed by atoms with Crippen molar-refractivity contribution < 1.29 is 21.6 Å². The third-order valence-electron chi connectivity index (χ3n) is 4.79. The van der Waals surface area contributed by atoms with Crippen molar-refractivity contribution in [3.05, 3.63) is 60.2 Å². The minimum atomic E-state index is -4.62. The van der Waals surface area contributed by atoms with Crippen LogP contribution in [0, 0.1) is 0 Å². The average molecular weight is 450 g/mol. The molecule has 0 atom stereocenters. The van der Waals surface area contributed by atoms with Crippen LogP contribution < -0.4 is 4.72 Å². The number of halogens is 3. The third kappa shape index (κ3) is 3.74. The highest BCUT2D eigenvalue weighted by atomic mass is 32.2. The van der Waals surface area contributed by atoms with Crippen LogP contribution in [0.2, 0.25) is 0 Å². The molecule has 162 valence electrons. The van der Waals surface area contributed by atoms with E-state index >= 15 is 0 Å². The Kier molecular flexibility index (Phi) is 4.96. The molecule has 0 aliphatic heterocycles. The summed E-state index contributed by atoms with van der Waals surface area (Å²) in [4.78, 5) is 3.68. The summed E-state index contributed by atoms with van der Waals surface area (Å²) in [6.45, 7) is 1.90. The van der Waals surface area contributed by atoms with Gasteiger partial charge in [0.15, 0.2) is 5.82 Å². The molecule has 4 rings (SSSR count). The van der Waals surface area contributed by atoms with E-state index in [1.165, 1.54) is 12.1 Å². The van der Waals surface area contributed by atoms with Gasteiger partial charge < -0.3 is 0 Å². The zero-order valence-corrected chi connectivity index (χ0v) is 17.2. The van der Waals surface area contributed by atoms with E-state index in [1.54, 1.807) is 17.9 Å². The molecule has 3 heterocycles. The number of anilines is 1. The number of benzene rings is 1. The number of hydrogen-bond donors (Lipinski definition) is 1. The second-order valence-corrected chi connectivity index (χ2v) is 8.43. The molecule has 3 aromatic heterocycles. The number of rotatable bonds is 5. The van der Waals surface area contributed by atoms with Crippen LogP contribution in [-0.2, 0) is 29.7 Å². The van der Waals surface area contributed by atoms with Crippen molar-refractivity contribution >= 4 is 26.6 Å². The average Bonchev–Trinajstić information content (AvgIpc) is 3.35. The summed E-state index contributed by atoms with van der Waals surface area (Å²) < 4.78 is 70.0. The van der Waals surface area contributed by atoms with Gasteiger partial charge in [-0.15, -0.1) is 0 Å². The normalized spacial score (nSPS) is 12.4. The van der Waals surface area contributed by atoms with E-state index in [0.717, 1.165) is 29.4 Å². The summed E-state index contributed by atoms with van der Waals surface area (Å²) in [5.41, 5.74) is 0.786. The molecular weight excluding hydrogens is 433 g/mol. The van der Waals surface area contributed by atoms with Crippen molar-refractivity contribution in [3.8, 4) is 5.82 Å². The van der Waals surface area contributed by atoms with Gasteiger partial charge in [0.1, 0.15) is 10.6 Å². The van der Waals surface area contributed by atoms with E-state index < -0.39 is 21.9 Å². The summed E-state index contributed by atoms with van der Waals surface area (Å²) >= 11 is 0. The molecule has 31 heavy (non-hydrogen) atoms. The fourth-order valence-corrected chi connectivity index (χ4v) is 4.32. The molecule has 8 nitrogen and oxygen atoms in total. The summed E-state index contributed by atoms with van der Waals surface area (Å²) in [6.07, 6.45) is -0.421. The molecule has 12 heteroatoms. The molecule has 0 spiro atoms. The van der Waals surface area contributed by atoms with Gasteiger partial charge in [0.05, 0.1) is 23.6 Å². The quantitative estimate of drug-likeness (QED) is 0.502. The Hall–Kier alpha value is -3.41. The maximum absolute atomic E-state index is 13.1. The molecule has 0 saturated heterocycles. The highest BCUT2D eigenvalue weighted by molar-refractivity contribution is 7.92. The van der Waals surface area contributed by atoms with Gasteiger partial charge in [-0.05, 0) is 30.2 Å². The summed E-state index contributed by atoms with van der Waals surface area (Å²) in [7, 11) is -2.36. The minimum Gasteiger partial charge on any atom is -0.277 e. The van der Waals surface area contributed by atoms with Crippen LogP contribution in [0.15, 0.2) is 53.8 Å². The number of nitrogens with one attached hydrogen (secondary N) is 1. The Balaban J connectivity index is 1.71. The van der Waals surface area contributed by atoms with E-state index in [-0.39, 0.29) is 10.7 Å². The highest BCUT2D eigenvalue weighted by Crippen LogP contribution is 2.31. The van der Waals surface area contributed by atoms with Crippen molar-refractivity contribution in [1.82, 2.24) is 24.5 Å². The SMILES string of the molecule is CCc1ccc2cnn(C)c2c1NS(=O)(=O)c1ccc(-n2nccc2C(F)(F)F)nc1. The zero-order valence-electron chi connectivity index (χ0n) is 16.4. The van der Waals surface area contributed by atoms with Gasteiger partial charge in [-0.3, -0.25) is 9.40 Å². The lowest BCUT2D eigenvalue weighted by Crippen LogP contribution is -2.17. The topological polar surface area (TPSA) is 94.7 Å². The Morgan fingerprint density at radius 1 is 1.06 bits per heavy atom. The number of sulfonamides is 1. The standard InChI is InChI=1S/C19H17F3N6O2S/c1-3-12-4-5-13-10-25-27(2)18(13)17(12)26-31(29,30)14-6-7-16(23-11-14)28-15(8-9-24-28)19(20,21)22/h4-11,26H,3H2,1-2H3. The number of aromatic nitrogens is 5. The van der Waals surface area contributed by atoms with Crippen molar-refractivity contribution in [3.63, 3.8) is 0 Å². The van der Waals surface area contributed by atoms with Gasteiger partial charge in [0, 0.05) is 18.6 Å². The molecule has 0 radical (unpaired) electrons. The molecule has 4 aromatic rings. The van der Waals surface area contributed by atoms with Crippen LogP contribution in [0.4, 0.5) is 18.9 Å². The molecule has 0 unspecified atom stereocenters. The fraction of sp³-hybridized carbons (Fsp3) is 0.211. The van der Waals surface area contributed by atoms with Crippen molar-refractivity contribution in [2.45, 2.75) is 24.4 Å². The molecule has 0 fully saturated rings. The lowest BCUT2D eigenvalue weighted by molar-refractivity contribution is -0.142. The smallest absolute Gasteiger partial charge is 0.277 e. The van der Waals surface area contributed by atoms with Crippen molar-refractivity contribution in [1.29, 1.82) is 0 Å². The van der Waals surface area contributed by atoms with E-state index in [0.29, 0.717) is 22.3 Å². The third-order valence-corrected chi connectivity index (χ3v) is 6.12. The van der Waals surface area contributed by atoms with Crippen molar-refractivity contribution in [2.75, 3.05) is 4.72 Å². The Labute approximate surface area is 175 Å². The van der Waals surface area contributed by atoms with Crippen molar-refractivity contribution in [2.24, 2.45) is 7.05 Å². The second kappa shape index (κ2) is 7.38. The zero-order chi connectivity index (χ0) is 22.4. The van der Waals surface area contributed by atoms with Gasteiger partial charge in [-0.2, -0.15) is 23.4 Å².